The van der Waals surface area contributed by atoms with Gasteiger partial charge in [0.25, 0.3) is 0 Å². The first kappa shape index (κ1) is 27.2. The molecule has 2 atom stereocenters. The Balaban J connectivity index is 1.29. The van der Waals surface area contributed by atoms with E-state index in [9.17, 15) is 4.79 Å². The number of nitrogens with one attached hydrogen (secondary N) is 2. The van der Waals surface area contributed by atoms with Crippen molar-refractivity contribution in [3.8, 4) is 0 Å². The third kappa shape index (κ3) is 6.71. The predicted molar refractivity (Wildman–Crippen MR) is 150 cm³/mol. The van der Waals surface area contributed by atoms with Crippen LogP contribution < -0.4 is 22.1 Å². The normalized spacial score (nSPS) is 20.1. The Labute approximate surface area is 224 Å². The van der Waals surface area contributed by atoms with Gasteiger partial charge >= 0.3 is 0 Å². The van der Waals surface area contributed by atoms with Crippen molar-refractivity contribution in [2.45, 2.75) is 49.9 Å². The van der Waals surface area contributed by atoms with Gasteiger partial charge in [-0.2, -0.15) is 0 Å². The van der Waals surface area contributed by atoms with Crippen molar-refractivity contribution in [3.05, 3.63) is 58.6 Å². The Hall–Kier alpha value is -1.87. The van der Waals surface area contributed by atoms with Gasteiger partial charge < -0.3 is 22.1 Å². The van der Waals surface area contributed by atoms with Crippen molar-refractivity contribution in [2.75, 3.05) is 49.9 Å². The zero-order valence-electron chi connectivity index (χ0n) is 20.7. The summed E-state index contributed by atoms with van der Waals surface area (Å²) in [4.78, 5) is 18.1. The molecule has 0 amide bonds. The Bertz CT molecular complexity index is 914. The van der Waals surface area contributed by atoms with Crippen LogP contribution in [0.4, 0.5) is 11.4 Å². The molecule has 2 aliphatic heterocycles. The molecule has 9 heteroatoms. The fourth-order valence-corrected chi connectivity index (χ4v) is 5.80. The number of carbonyl (C=O) groups excluding carboxylic acids is 1. The summed E-state index contributed by atoms with van der Waals surface area (Å²) < 4.78 is 0. The standard InChI is InChI=1S/C27H38Cl2N6O/c28-21-5-1-3-7-23(21)32-19-9-13-34(14-10-19)25(17-30)27(36)26(18-31)35-15-11-20(12-16-35)33-24-8-4-2-6-22(24)29/h1-8,19-20,25-26,32-33H,9-18,30-31H2. The first-order chi connectivity index (χ1) is 17.5. The molecular formula is C27H38Cl2N6O. The predicted octanol–water partition coefficient (Wildman–Crippen LogP) is 3.67. The number of carbonyl (C=O) groups is 1. The zero-order valence-corrected chi connectivity index (χ0v) is 22.2. The second-order valence-corrected chi connectivity index (χ2v) is 10.6. The molecule has 2 aromatic carbocycles. The van der Waals surface area contributed by atoms with Crippen molar-refractivity contribution in [3.63, 3.8) is 0 Å². The number of benzene rings is 2. The number of para-hydroxylation sites is 2. The highest BCUT2D eigenvalue weighted by Gasteiger charge is 2.36. The average molecular weight is 534 g/mol. The third-order valence-corrected chi connectivity index (χ3v) is 8.17. The van der Waals surface area contributed by atoms with Crippen molar-refractivity contribution in [1.82, 2.24) is 9.80 Å². The SMILES string of the molecule is NCC(C(=O)C(CN)N1CCC(Nc2ccccc2Cl)CC1)N1CCC(Nc2ccccc2Cl)CC1. The topological polar surface area (TPSA) is 99.6 Å². The number of hydrogen-bond donors (Lipinski definition) is 4. The fourth-order valence-electron chi connectivity index (χ4n) is 5.42. The van der Waals surface area contributed by atoms with Crippen LogP contribution in [0.1, 0.15) is 25.7 Å². The maximum absolute atomic E-state index is 13.6. The van der Waals surface area contributed by atoms with Crippen LogP contribution in [-0.2, 0) is 4.79 Å². The number of rotatable bonds is 10. The van der Waals surface area contributed by atoms with Crippen LogP contribution in [0.5, 0.6) is 0 Å². The van der Waals surface area contributed by atoms with Crippen LogP contribution in [0.2, 0.25) is 10.0 Å². The number of nitrogens with two attached hydrogens (primary N) is 2. The van der Waals surface area contributed by atoms with E-state index in [2.05, 4.69) is 20.4 Å². The number of nitrogens with zero attached hydrogens (tertiary/aromatic N) is 2. The summed E-state index contributed by atoms with van der Waals surface area (Å²) in [6.07, 6.45) is 3.73. The lowest BCUT2D eigenvalue weighted by Crippen LogP contribution is -2.59. The summed E-state index contributed by atoms with van der Waals surface area (Å²) in [5, 5.41) is 8.55. The molecule has 0 bridgehead atoms. The largest absolute Gasteiger partial charge is 0.381 e. The van der Waals surface area contributed by atoms with E-state index in [0.29, 0.717) is 25.2 Å². The molecule has 2 heterocycles. The Morgan fingerprint density at radius 3 is 1.44 bits per heavy atom. The van der Waals surface area contributed by atoms with Crippen molar-refractivity contribution >= 4 is 40.4 Å². The number of ketones is 1. The minimum atomic E-state index is -0.307. The molecule has 36 heavy (non-hydrogen) atoms. The molecule has 0 aliphatic carbocycles. The van der Waals surface area contributed by atoms with Gasteiger partial charge in [0.1, 0.15) is 0 Å². The highest BCUT2D eigenvalue weighted by Crippen LogP contribution is 2.26. The minimum Gasteiger partial charge on any atom is -0.381 e. The van der Waals surface area contributed by atoms with E-state index < -0.39 is 0 Å². The maximum Gasteiger partial charge on any atom is 0.169 e. The van der Waals surface area contributed by atoms with Gasteiger partial charge in [0.05, 0.1) is 33.5 Å². The highest BCUT2D eigenvalue weighted by molar-refractivity contribution is 6.33. The van der Waals surface area contributed by atoms with E-state index >= 15 is 0 Å². The summed E-state index contributed by atoms with van der Waals surface area (Å²) in [6, 6.07) is 15.6. The lowest BCUT2D eigenvalue weighted by molar-refractivity contribution is -0.130. The molecule has 0 saturated carbocycles. The monoisotopic (exact) mass is 532 g/mol. The van der Waals surface area contributed by atoms with E-state index in [4.69, 9.17) is 34.7 Å². The van der Waals surface area contributed by atoms with E-state index in [1.807, 2.05) is 48.5 Å². The molecule has 7 nitrogen and oxygen atoms in total. The molecule has 2 saturated heterocycles. The second kappa shape index (κ2) is 13.1. The zero-order chi connectivity index (χ0) is 25.5. The number of hydrogen-bond acceptors (Lipinski definition) is 7. The number of likely N-dealkylation sites (tertiary alicyclic amines) is 2. The van der Waals surface area contributed by atoms with Crippen LogP contribution in [0, 0.1) is 0 Å². The minimum absolute atomic E-state index is 0.148. The molecule has 2 aliphatic rings. The first-order valence-corrected chi connectivity index (χ1v) is 13.7. The van der Waals surface area contributed by atoms with Gasteiger partial charge in [-0.15, -0.1) is 0 Å². The van der Waals surface area contributed by atoms with Crippen LogP contribution in [-0.4, -0.2) is 79.0 Å². The van der Waals surface area contributed by atoms with Crippen LogP contribution in [0.25, 0.3) is 0 Å². The molecule has 196 valence electrons. The van der Waals surface area contributed by atoms with Gasteiger partial charge in [-0.05, 0) is 49.9 Å². The number of anilines is 2. The van der Waals surface area contributed by atoms with E-state index in [1.54, 1.807) is 0 Å². The quantitative estimate of drug-likeness (QED) is 0.370. The number of piperidine rings is 2. The van der Waals surface area contributed by atoms with Crippen molar-refractivity contribution in [1.29, 1.82) is 0 Å². The Morgan fingerprint density at radius 1 is 0.750 bits per heavy atom. The van der Waals surface area contributed by atoms with Crippen LogP contribution in [0.15, 0.2) is 48.5 Å². The molecule has 2 fully saturated rings. The molecule has 4 rings (SSSR count). The molecular weight excluding hydrogens is 495 g/mol. The molecule has 0 radical (unpaired) electrons. The third-order valence-electron chi connectivity index (χ3n) is 7.51. The molecule has 0 spiro atoms. The maximum atomic E-state index is 13.6. The summed E-state index contributed by atoms with van der Waals surface area (Å²) in [5.74, 6) is 0.148. The summed E-state index contributed by atoms with van der Waals surface area (Å²) in [7, 11) is 0. The van der Waals surface area contributed by atoms with Gasteiger partial charge in [-0.1, -0.05) is 47.5 Å². The molecule has 6 N–H and O–H groups in total. The Morgan fingerprint density at radius 2 is 1.11 bits per heavy atom. The van der Waals surface area contributed by atoms with Gasteiger partial charge in [-0.3, -0.25) is 14.6 Å². The summed E-state index contributed by atoms with van der Waals surface area (Å²) in [6.45, 7) is 3.88. The van der Waals surface area contributed by atoms with Crippen LogP contribution >= 0.6 is 23.2 Å². The van der Waals surface area contributed by atoms with E-state index in [-0.39, 0.29) is 17.9 Å². The highest BCUT2D eigenvalue weighted by atomic mass is 35.5. The Kier molecular flexibility index (Phi) is 9.87. The van der Waals surface area contributed by atoms with Crippen LogP contribution in [0.3, 0.4) is 0 Å². The first-order valence-electron chi connectivity index (χ1n) is 12.9. The molecule has 2 aromatic rings. The average Bonchev–Trinajstić information content (AvgIpc) is 2.90. The second-order valence-electron chi connectivity index (χ2n) is 9.77. The van der Waals surface area contributed by atoms with Gasteiger partial charge in [0.2, 0.25) is 0 Å². The van der Waals surface area contributed by atoms with Gasteiger partial charge in [-0.25, -0.2) is 0 Å². The number of Topliss-reactive ketones (excluding diaryl/α,β-unsaturated/α-hetero) is 1. The van der Waals surface area contributed by atoms with Crippen molar-refractivity contribution in [2.24, 2.45) is 11.5 Å². The fraction of sp³-hybridized carbons (Fsp3) is 0.519. The van der Waals surface area contributed by atoms with E-state index in [1.165, 1.54) is 0 Å². The van der Waals surface area contributed by atoms with Gasteiger partial charge in [0.15, 0.2) is 5.78 Å². The van der Waals surface area contributed by atoms with E-state index in [0.717, 1.165) is 73.3 Å². The lowest BCUT2D eigenvalue weighted by Gasteiger charge is -2.41. The lowest BCUT2D eigenvalue weighted by atomic mass is 9.95. The summed E-state index contributed by atoms with van der Waals surface area (Å²) in [5.41, 5.74) is 14.2. The molecule has 0 aromatic heterocycles. The summed E-state index contributed by atoms with van der Waals surface area (Å²) >= 11 is 12.6. The molecule has 2 unspecified atom stereocenters. The number of halogens is 2. The smallest absolute Gasteiger partial charge is 0.169 e. The van der Waals surface area contributed by atoms with Crippen molar-refractivity contribution < 1.29 is 4.79 Å². The van der Waals surface area contributed by atoms with Gasteiger partial charge in [0, 0.05) is 51.4 Å².